The second kappa shape index (κ2) is 11.1. The van der Waals surface area contributed by atoms with E-state index < -0.39 is 5.91 Å². The van der Waals surface area contributed by atoms with Crippen molar-refractivity contribution < 1.29 is 23.8 Å². The van der Waals surface area contributed by atoms with Gasteiger partial charge in [-0.25, -0.2) is 0 Å². The van der Waals surface area contributed by atoms with Crippen LogP contribution in [0.1, 0.15) is 22.5 Å². The SMILES string of the molecule is COc1cc(NC(=O)CO/N=C(/N)c2cccc(Cn3nc(C)cc3C)c2)cc(OC)c1OC. The van der Waals surface area contributed by atoms with Gasteiger partial charge in [-0.2, -0.15) is 5.10 Å². The van der Waals surface area contributed by atoms with E-state index in [1.54, 1.807) is 12.1 Å². The van der Waals surface area contributed by atoms with Gasteiger partial charge in [0.2, 0.25) is 5.75 Å². The van der Waals surface area contributed by atoms with Crippen molar-refractivity contribution >= 4 is 17.4 Å². The fourth-order valence-corrected chi connectivity index (χ4v) is 3.40. The van der Waals surface area contributed by atoms with Gasteiger partial charge in [-0.1, -0.05) is 23.4 Å². The molecule has 0 unspecified atom stereocenters. The molecule has 1 heterocycles. The van der Waals surface area contributed by atoms with Gasteiger partial charge in [0.1, 0.15) is 0 Å². The highest BCUT2D eigenvalue weighted by molar-refractivity contribution is 5.97. The van der Waals surface area contributed by atoms with E-state index in [1.165, 1.54) is 21.3 Å². The standard InChI is InChI=1S/C24H29N5O5/c1-15-9-16(2)29(27-15)13-17-7-6-8-18(10-17)24(25)28-34-14-22(30)26-19-11-20(31-3)23(33-5)21(12-19)32-4/h6-12H,13-14H2,1-5H3,(H2,25,28)(H,26,30). The molecule has 3 N–H and O–H groups in total. The average molecular weight is 468 g/mol. The highest BCUT2D eigenvalue weighted by Gasteiger charge is 2.15. The first-order valence-electron chi connectivity index (χ1n) is 10.5. The molecule has 0 aliphatic heterocycles. The number of aromatic nitrogens is 2. The maximum atomic E-state index is 12.3. The Bertz CT molecular complexity index is 1160. The van der Waals surface area contributed by atoms with Crippen molar-refractivity contribution in [3.8, 4) is 17.2 Å². The summed E-state index contributed by atoms with van der Waals surface area (Å²) in [5.74, 6) is 0.998. The third-order valence-corrected chi connectivity index (χ3v) is 4.97. The van der Waals surface area contributed by atoms with Gasteiger partial charge < -0.3 is 30.1 Å². The molecular weight excluding hydrogens is 438 g/mol. The van der Waals surface area contributed by atoms with E-state index in [1.807, 2.05) is 48.9 Å². The smallest absolute Gasteiger partial charge is 0.265 e. The molecule has 0 aliphatic carbocycles. The maximum Gasteiger partial charge on any atom is 0.265 e. The third kappa shape index (κ3) is 5.97. The Hall–Kier alpha value is -4.21. The van der Waals surface area contributed by atoms with Crippen molar-refractivity contribution in [2.24, 2.45) is 10.9 Å². The van der Waals surface area contributed by atoms with Gasteiger partial charge in [-0.05, 0) is 31.5 Å². The van der Waals surface area contributed by atoms with Crippen LogP contribution in [0.15, 0.2) is 47.6 Å². The lowest BCUT2D eigenvalue weighted by Gasteiger charge is -2.14. The van der Waals surface area contributed by atoms with Gasteiger partial charge in [0.15, 0.2) is 23.9 Å². The first-order chi connectivity index (χ1) is 16.3. The Morgan fingerprint density at radius 2 is 1.76 bits per heavy atom. The van der Waals surface area contributed by atoms with Crippen LogP contribution in [-0.2, 0) is 16.2 Å². The largest absolute Gasteiger partial charge is 0.493 e. The molecule has 1 aromatic heterocycles. The summed E-state index contributed by atoms with van der Waals surface area (Å²) < 4.78 is 17.8. The molecule has 10 heteroatoms. The first kappa shape index (κ1) is 24.4. The third-order valence-electron chi connectivity index (χ3n) is 4.97. The molecular formula is C24H29N5O5. The second-order valence-corrected chi connectivity index (χ2v) is 7.50. The average Bonchev–Trinajstić information content (AvgIpc) is 3.14. The first-order valence-corrected chi connectivity index (χ1v) is 10.5. The minimum Gasteiger partial charge on any atom is -0.493 e. The molecule has 180 valence electrons. The van der Waals surface area contributed by atoms with E-state index in [9.17, 15) is 4.79 Å². The zero-order valence-electron chi connectivity index (χ0n) is 19.9. The normalized spacial score (nSPS) is 11.1. The number of oxime groups is 1. The minimum atomic E-state index is -0.427. The molecule has 0 aliphatic rings. The Kier molecular flexibility index (Phi) is 7.96. The van der Waals surface area contributed by atoms with Crippen molar-refractivity contribution in [2.45, 2.75) is 20.4 Å². The molecule has 0 bridgehead atoms. The Labute approximate surface area is 198 Å². The van der Waals surface area contributed by atoms with Crippen LogP contribution in [0, 0.1) is 13.8 Å². The molecule has 0 radical (unpaired) electrons. The lowest BCUT2D eigenvalue weighted by Crippen LogP contribution is -2.19. The summed E-state index contributed by atoms with van der Waals surface area (Å²) in [5, 5.41) is 11.1. The molecule has 1 amide bonds. The number of amidine groups is 1. The predicted octanol–water partition coefficient (Wildman–Crippen LogP) is 2.85. The number of hydrogen-bond donors (Lipinski definition) is 2. The van der Waals surface area contributed by atoms with E-state index in [0.29, 0.717) is 35.0 Å². The van der Waals surface area contributed by atoms with Crippen LogP contribution >= 0.6 is 0 Å². The molecule has 10 nitrogen and oxygen atoms in total. The zero-order valence-corrected chi connectivity index (χ0v) is 19.9. The number of amides is 1. The monoisotopic (exact) mass is 467 g/mol. The molecule has 0 saturated carbocycles. The number of aryl methyl sites for hydroxylation is 2. The van der Waals surface area contributed by atoms with Gasteiger partial charge in [-0.3, -0.25) is 9.48 Å². The summed E-state index contributed by atoms with van der Waals surface area (Å²) in [6.07, 6.45) is 0. The summed E-state index contributed by atoms with van der Waals surface area (Å²) in [6, 6.07) is 12.9. The van der Waals surface area contributed by atoms with Crippen LogP contribution in [0.2, 0.25) is 0 Å². The number of methoxy groups -OCH3 is 3. The van der Waals surface area contributed by atoms with E-state index in [4.69, 9.17) is 24.8 Å². The topological polar surface area (TPSA) is 122 Å². The lowest BCUT2D eigenvalue weighted by atomic mass is 10.1. The second-order valence-electron chi connectivity index (χ2n) is 7.50. The van der Waals surface area contributed by atoms with Crippen molar-refractivity contribution in [1.82, 2.24) is 9.78 Å². The summed E-state index contributed by atoms with van der Waals surface area (Å²) in [5.41, 5.74) is 10.3. The van der Waals surface area contributed by atoms with Gasteiger partial charge >= 0.3 is 0 Å². The molecule has 0 fully saturated rings. The van der Waals surface area contributed by atoms with Crippen LogP contribution in [0.4, 0.5) is 5.69 Å². The molecule has 2 aromatic carbocycles. The number of nitrogens with two attached hydrogens (primary N) is 1. The molecule has 3 aromatic rings. The van der Waals surface area contributed by atoms with Crippen LogP contribution < -0.4 is 25.3 Å². The Morgan fingerprint density at radius 3 is 2.35 bits per heavy atom. The van der Waals surface area contributed by atoms with Crippen LogP contribution in [0.5, 0.6) is 17.2 Å². The highest BCUT2D eigenvalue weighted by Crippen LogP contribution is 2.39. The number of benzene rings is 2. The van der Waals surface area contributed by atoms with E-state index in [0.717, 1.165) is 17.0 Å². The Morgan fingerprint density at radius 1 is 1.06 bits per heavy atom. The molecule has 34 heavy (non-hydrogen) atoms. The predicted molar refractivity (Wildman–Crippen MR) is 129 cm³/mol. The van der Waals surface area contributed by atoms with E-state index in [2.05, 4.69) is 15.6 Å². The number of rotatable bonds is 10. The molecule has 0 spiro atoms. The molecule has 3 rings (SSSR count). The van der Waals surface area contributed by atoms with Crippen molar-refractivity contribution in [2.75, 3.05) is 33.3 Å². The minimum absolute atomic E-state index is 0.163. The lowest BCUT2D eigenvalue weighted by molar-refractivity contribution is -0.120. The van der Waals surface area contributed by atoms with Crippen LogP contribution in [0.3, 0.4) is 0 Å². The molecule has 0 saturated heterocycles. The zero-order chi connectivity index (χ0) is 24.7. The Balaban J connectivity index is 1.61. The van der Waals surface area contributed by atoms with Crippen molar-refractivity contribution in [3.05, 3.63) is 65.0 Å². The van der Waals surface area contributed by atoms with Gasteiger partial charge in [0.25, 0.3) is 5.91 Å². The van der Waals surface area contributed by atoms with Crippen molar-refractivity contribution in [3.63, 3.8) is 0 Å². The van der Waals surface area contributed by atoms with Crippen molar-refractivity contribution in [1.29, 1.82) is 0 Å². The fraction of sp³-hybridized carbons (Fsp3) is 0.292. The van der Waals surface area contributed by atoms with Gasteiger partial charge in [0, 0.05) is 29.1 Å². The fourth-order valence-electron chi connectivity index (χ4n) is 3.40. The molecule has 0 atom stereocenters. The number of carbonyl (C=O) groups is 1. The highest BCUT2D eigenvalue weighted by atomic mass is 16.6. The number of hydrogen-bond acceptors (Lipinski definition) is 7. The quantitative estimate of drug-likeness (QED) is 0.267. The number of carbonyl (C=O) groups excluding carboxylic acids is 1. The van der Waals surface area contributed by atoms with Crippen LogP contribution in [-0.4, -0.2) is 49.5 Å². The van der Waals surface area contributed by atoms with E-state index >= 15 is 0 Å². The summed E-state index contributed by atoms with van der Waals surface area (Å²) in [6.45, 7) is 4.25. The van der Waals surface area contributed by atoms with Gasteiger partial charge in [-0.15, -0.1) is 0 Å². The maximum absolute atomic E-state index is 12.3. The number of ether oxygens (including phenoxy) is 3. The summed E-state index contributed by atoms with van der Waals surface area (Å²) in [7, 11) is 4.50. The van der Waals surface area contributed by atoms with Gasteiger partial charge in [0.05, 0.1) is 33.6 Å². The summed E-state index contributed by atoms with van der Waals surface area (Å²) >= 11 is 0. The number of anilines is 1. The number of nitrogens with zero attached hydrogens (tertiary/aromatic N) is 3. The number of nitrogens with one attached hydrogen (secondary N) is 1. The van der Waals surface area contributed by atoms with Crippen LogP contribution in [0.25, 0.3) is 0 Å². The van der Waals surface area contributed by atoms with E-state index in [-0.39, 0.29) is 12.4 Å². The summed E-state index contributed by atoms with van der Waals surface area (Å²) in [4.78, 5) is 17.5.